The maximum absolute atomic E-state index is 12.1. The molecule has 0 bridgehead atoms. The van der Waals surface area contributed by atoms with E-state index in [-0.39, 0.29) is 17.6 Å². The van der Waals surface area contributed by atoms with Crippen LogP contribution >= 0.6 is 0 Å². The number of anilines is 2. The quantitative estimate of drug-likeness (QED) is 0.856. The van der Waals surface area contributed by atoms with Crippen molar-refractivity contribution >= 4 is 17.7 Å². The van der Waals surface area contributed by atoms with Gasteiger partial charge in [0.15, 0.2) is 11.6 Å². The number of nitrogens with one attached hydrogen (secondary N) is 2. The molecule has 0 radical (unpaired) electrons. The first-order chi connectivity index (χ1) is 11.1. The van der Waals surface area contributed by atoms with Crippen LogP contribution in [0.3, 0.4) is 0 Å². The lowest BCUT2D eigenvalue weighted by atomic mass is 10.1. The molecule has 1 aliphatic rings. The minimum Gasteiger partial charge on any atom is -0.363 e. The van der Waals surface area contributed by atoms with E-state index in [0.717, 1.165) is 19.4 Å². The van der Waals surface area contributed by atoms with Gasteiger partial charge in [-0.25, -0.2) is 9.78 Å². The van der Waals surface area contributed by atoms with Gasteiger partial charge >= 0.3 is 6.03 Å². The van der Waals surface area contributed by atoms with Crippen molar-refractivity contribution < 1.29 is 9.32 Å². The molecule has 9 nitrogen and oxygen atoms in total. The summed E-state index contributed by atoms with van der Waals surface area (Å²) in [5.41, 5.74) is -0.139. The number of carbonyl (C=O) groups excluding carboxylic acids is 1. The molecule has 2 aromatic rings. The summed E-state index contributed by atoms with van der Waals surface area (Å²) in [4.78, 5) is 30.2. The van der Waals surface area contributed by atoms with E-state index in [1.165, 1.54) is 10.8 Å². The lowest BCUT2D eigenvalue weighted by molar-refractivity contribution is 0.246. The number of hydrogen-bond acceptors (Lipinski definition) is 6. The van der Waals surface area contributed by atoms with Crippen LogP contribution in [-0.4, -0.2) is 39.9 Å². The van der Waals surface area contributed by atoms with E-state index < -0.39 is 0 Å². The molecule has 1 aliphatic heterocycles. The number of amides is 2. The fourth-order valence-electron chi connectivity index (χ4n) is 2.60. The highest BCUT2D eigenvalue weighted by Crippen LogP contribution is 2.14. The van der Waals surface area contributed by atoms with Crippen LogP contribution in [0.2, 0.25) is 0 Å². The predicted octanol–water partition coefficient (Wildman–Crippen LogP) is 0.559. The fraction of sp³-hybridized carbons (Fsp3) is 0.429. The monoisotopic (exact) mass is 318 g/mol. The van der Waals surface area contributed by atoms with Crippen molar-refractivity contribution in [2.75, 3.05) is 23.3 Å². The molecule has 2 amide bonds. The Bertz CT molecular complexity index is 726. The standard InChI is InChI=1S/C14H18N6O3/c1-19-7-5-15-12(13(19)21)20-6-2-3-10(9-20)16-14(22)17-11-4-8-23-18-11/h4-5,7-8,10H,2-3,6,9H2,1H3,(H2,16,17,18,22). The zero-order chi connectivity index (χ0) is 16.2. The summed E-state index contributed by atoms with van der Waals surface area (Å²) >= 11 is 0. The molecule has 0 aliphatic carbocycles. The van der Waals surface area contributed by atoms with Crippen molar-refractivity contribution in [3.63, 3.8) is 0 Å². The molecule has 9 heteroatoms. The van der Waals surface area contributed by atoms with Crippen LogP contribution in [0.15, 0.2) is 34.0 Å². The molecule has 1 fully saturated rings. The lowest BCUT2D eigenvalue weighted by Crippen LogP contribution is -2.50. The van der Waals surface area contributed by atoms with E-state index >= 15 is 0 Å². The van der Waals surface area contributed by atoms with Crippen molar-refractivity contribution in [2.24, 2.45) is 7.05 Å². The maximum atomic E-state index is 12.1. The van der Waals surface area contributed by atoms with Gasteiger partial charge in [-0.1, -0.05) is 5.16 Å². The number of aryl methyl sites for hydroxylation is 1. The van der Waals surface area contributed by atoms with Gasteiger partial charge in [-0.15, -0.1) is 0 Å². The van der Waals surface area contributed by atoms with E-state index in [1.807, 2.05) is 4.90 Å². The first kappa shape index (κ1) is 15.1. The average Bonchev–Trinajstić information content (AvgIpc) is 3.03. The summed E-state index contributed by atoms with van der Waals surface area (Å²) in [7, 11) is 1.69. The molecule has 0 saturated carbocycles. The van der Waals surface area contributed by atoms with Crippen molar-refractivity contribution in [2.45, 2.75) is 18.9 Å². The molecule has 0 aromatic carbocycles. The van der Waals surface area contributed by atoms with Gasteiger partial charge in [-0.05, 0) is 12.8 Å². The summed E-state index contributed by atoms with van der Waals surface area (Å²) in [5, 5.41) is 9.09. The van der Waals surface area contributed by atoms with E-state index in [1.54, 1.807) is 25.5 Å². The number of aromatic nitrogens is 3. The van der Waals surface area contributed by atoms with Gasteiger partial charge in [0.25, 0.3) is 5.56 Å². The maximum Gasteiger partial charge on any atom is 0.320 e. The van der Waals surface area contributed by atoms with Crippen molar-refractivity contribution in [1.29, 1.82) is 0 Å². The molecule has 2 N–H and O–H groups in total. The summed E-state index contributed by atoms with van der Waals surface area (Å²) in [6, 6.07) is 1.15. The highest BCUT2D eigenvalue weighted by molar-refractivity contribution is 5.88. The highest BCUT2D eigenvalue weighted by atomic mass is 16.5. The number of carbonyl (C=O) groups is 1. The van der Waals surface area contributed by atoms with Crippen LogP contribution in [0.4, 0.5) is 16.4 Å². The number of hydrogen-bond donors (Lipinski definition) is 2. The van der Waals surface area contributed by atoms with Crippen molar-refractivity contribution in [1.82, 2.24) is 20.0 Å². The number of piperidine rings is 1. The van der Waals surface area contributed by atoms with E-state index in [2.05, 4.69) is 25.3 Å². The minimum absolute atomic E-state index is 0.0673. The summed E-state index contributed by atoms with van der Waals surface area (Å²) in [6.07, 6.45) is 6.32. The third-order valence-corrected chi connectivity index (χ3v) is 3.73. The Hall–Kier alpha value is -2.84. The second-order valence-electron chi connectivity index (χ2n) is 5.44. The third-order valence-electron chi connectivity index (χ3n) is 3.73. The molecule has 122 valence electrons. The average molecular weight is 318 g/mol. The first-order valence-electron chi connectivity index (χ1n) is 7.38. The molecular formula is C14H18N6O3. The molecule has 1 unspecified atom stereocenters. The molecule has 1 atom stereocenters. The number of nitrogens with zero attached hydrogens (tertiary/aromatic N) is 4. The molecule has 3 heterocycles. The van der Waals surface area contributed by atoms with Gasteiger partial charge in [-0.2, -0.15) is 0 Å². The van der Waals surface area contributed by atoms with E-state index in [0.29, 0.717) is 18.2 Å². The zero-order valence-corrected chi connectivity index (χ0v) is 12.7. The van der Waals surface area contributed by atoms with E-state index in [4.69, 9.17) is 0 Å². The fourth-order valence-corrected chi connectivity index (χ4v) is 2.60. The second kappa shape index (κ2) is 6.51. The minimum atomic E-state index is -0.348. The lowest BCUT2D eigenvalue weighted by Gasteiger charge is -2.33. The Morgan fingerprint density at radius 1 is 1.48 bits per heavy atom. The van der Waals surface area contributed by atoms with Gasteiger partial charge < -0.3 is 19.3 Å². The number of rotatable bonds is 3. The Morgan fingerprint density at radius 2 is 2.35 bits per heavy atom. The van der Waals surface area contributed by atoms with Crippen molar-refractivity contribution in [3.8, 4) is 0 Å². The molecule has 0 spiro atoms. The Morgan fingerprint density at radius 3 is 3.13 bits per heavy atom. The van der Waals surface area contributed by atoms with Crippen LogP contribution < -0.4 is 21.1 Å². The first-order valence-corrected chi connectivity index (χ1v) is 7.38. The normalized spacial score (nSPS) is 17.8. The topological polar surface area (TPSA) is 105 Å². The molecule has 3 rings (SSSR count). The molecular weight excluding hydrogens is 300 g/mol. The van der Waals surface area contributed by atoms with Gasteiger partial charge in [0.2, 0.25) is 0 Å². The summed E-state index contributed by atoms with van der Waals surface area (Å²) in [6.45, 7) is 1.29. The second-order valence-corrected chi connectivity index (χ2v) is 5.44. The summed E-state index contributed by atoms with van der Waals surface area (Å²) < 4.78 is 6.16. The highest BCUT2D eigenvalue weighted by Gasteiger charge is 2.24. The Labute approximate surface area is 132 Å². The van der Waals surface area contributed by atoms with Crippen LogP contribution in [0, 0.1) is 0 Å². The van der Waals surface area contributed by atoms with Crippen LogP contribution in [0.25, 0.3) is 0 Å². The molecule has 23 heavy (non-hydrogen) atoms. The number of urea groups is 1. The van der Waals surface area contributed by atoms with Crippen LogP contribution in [-0.2, 0) is 7.05 Å². The Balaban J connectivity index is 1.63. The van der Waals surface area contributed by atoms with Gasteiger partial charge in [0.1, 0.15) is 6.26 Å². The van der Waals surface area contributed by atoms with Crippen LogP contribution in [0.5, 0.6) is 0 Å². The van der Waals surface area contributed by atoms with Gasteiger partial charge in [-0.3, -0.25) is 10.1 Å². The van der Waals surface area contributed by atoms with E-state index in [9.17, 15) is 9.59 Å². The SMILES string of the molecule is Cn1ccnc(N2CCCC(NC(=O)Nc3ccon3)C2)c1=O. The zero-order valence-electron chi connectivity index (χ0n) is 12.7. The Kier molecular flexibility index (Phi) is 4.26. The predicted molar refractivity (Wildman–Crippen MR) is 83.4 cm³/mol. The summed E-state index contributed by atoms with van der Waals surface area (Å²) in [5.74, 6) is 0.771. The van der Waals surface area contributed by atoms with Gasteiger partial charge in [0.05, 0.1) is 0 Å². The molecule has 1 saturated heterocycles. The molecule has 2 aromatic heterocycles. The largest absolute Gasteiger partial charge is 0.363 e. The van der Waals surface area contributed by atoms with Crippen molar-refractivity contribution in [3.05, 3.63) is 35.1 Å². The third kappa shape index (κ3) is 3.50. The van der Waals surface area contributed by atoms with Crippen LogP contribution in [0.1, 0.15) is 12.8 Å². The van der Waals surface area contributed by atoms with Gasteiger partial charge in [0, 0.05) is 44.6 Å². The smallest absolute Gasteiger partial charge is 0.320 e.